The predicted molar refractivity (Wildman–Crippen MR) is 157 cm³/mol. The molecule has 1 heterocycles. The van der Waals surface area contributed by atoms with Crippen molar-refractivity contribution in [1.82, 2.24) is 5.16 Å². The van der Waals surface area contributed by atoms with Gasteiger partial charge in [0.15, 0.2) is 0 Å². The average Bonchev–Trinajstić information content (AvgIpc) is 3.24. The van der Waals surface area contributed by atoms with Gasteiger partial charge in [0.25, 0.3) is 0 Å². The Hall–Kier alpha value is -2.88. The van der Waals surface area contributed by atoms with Crippen molar-refractivity contribution in [2.45, 2.75) is 90.0 Å². The summed E-state index contributed by atoms with van der Waals surface area (Å²) < 4.78 is 5.17. The summed E-state index contributed by atoms with van der Waals surface area (Å²) in [7, 11) is 0. The van der Waals surface area contributed by atoms with Gasteiger partial charge in [-0.1, -0.05) is 110 Å². The molecular formula is C30H53N3O. The summed E-state index contributed by atoms with van der Waals surface area (Å²) in [5.41, 5.74) is 12.1. The van der Waals surface area contributed by atoms with E-state index >= 15 is 0 Å². The minimum atomic E-state index is 0.636. The van der Waals surface area contributed by atoms with Crippen molar-refractivity contribution in [2.24, 2.45) is 10.7 Å². The van der Waals surface area contributed by atoms with Crippen LogP contribution in [0.5, 0.6) is 0 Å². The molecule has 0 unspecified atom stereocenters. The Kier molecular flexibility index (Phi) is 31.8. The molecule has 2 N–H and O–H groups in total. The molecule has 194 valence electrons. The lowest BCUT2D eigenvalue weighted by Gasteiger charge is -2.04. The highest BCUT2D eigenvalue weighted by molar-refractivity contribution is 5.68. The Bertz CT molecular complexity index is 793. The van der Waals surface area contributed by atoms with Crippen LogP contribution in [0, 0.1) is 27.7 Å². The molecule has 2 rings (SSSR count). The first-order valence-corrected chi connectivity index (χ1v) is 12.6. The van der Waals surface area contributed by atoms with E-state index in [1.54, 1.807) is 6.08 Å². The second-order valence-electron chi connectivity index (χ2n) is 5.95. The fourth-order valence-electron chi connectivity index (χ4n) is 2.38. The maximum Gasteiger partial charge on any atom is 0.141 e. The third-order valence-corrected chi connectivity index (χ3v) is 4.03. The average molecular weight is 472 g/mol. The van der Waals surface area contributed by atoms with Crippen molar-refractivity contribution in [1.29, 1.82) is 0 Å². The van der Waals surface area contributed by atoms with Gasteiger partial charge in [0.2, 0.25) is 0 Å². The number of nitrogens with zero attached hydrogens (tertiary/aromatic N) is 2. The van der Waals surface area contributed by atoms with E-state index in [0.717, 1.165) is 22.6 Å². The molecule has 0 saturated carbocycles. The molecular weight excluding hydrogens is 418 g/mol. The van der Waals surface area contributed by atoms with E-state index in [-0.39, 0.29) is 0 Å². The second kappa shape index (κ2) is 28.2. The van der Waals surface area contributed by atoms with Crippen molar-refractivity contribution in [3.8, 4) is 11.1 Å². The summed E-state index contributed by atoms with van der Waals surface area (Å²) in [4.78, 5) is 3.89. The van der Waals surface area contributed by atoms with Crippen LogP contribution in [0.4, 0.5) is 0 Å². The molecule has 0 spiro atoms. The van der Waals surface area contributed by atoms with Crippen LogP contribution in [0.2, 0.25) is 0 Å². The molecule has 0 fully saturated rings. The number of aliphatic imine (C=N–C) groups is 1. The number of hydrogen-bond acceptors (Lipinski definition) is 3. The Balaban J connectivity index is -0.000000210. The Morgan fingerprint density at radius 2 is 1.53 bits per heavy atom. The number of allylic oxidation sites excluding steroid dienone is 3. The normalized spacial score (nSPS) is 9.62. The summed E-state index contributed by atoms with van der Waals surface area (Å²) >= 11 is 0. The molecule has 0 aliphatic carbocycles. The topological polar surface area (TPSA) is 64.4 Å². The predicted octanol–water partition coefficient (Wildman–Crippen LogP) is 9.34. The number of nitrogens with two attached hydrogens (primary N) is 1. The number of aryl methyl sites for hydroxylation is 4. The fraction of sp³-hybridized carbons (Fsp3) is 0.467. The van der Waals surface area contributed by atoms with Gasteiger partial charge in [-0.15, -0.1) is 0 Å². The Morgan fingerprint density at radius 1 is 0.971 bits per heavy atom. The SMILES string of the molecule is C=C/C=C\C(=C/C)CN=CN.CC.CC.CC.CC.Cc1ccc(-c2c(C)noc2C)cc1C. The molecule has 0 atom stereocenters. The van der Waals surface area contributed by atoms with Gasteiger partial charge < -0.3 is 10.3 Å². The van der Waals surface area contributed by atoms with Crippen molar-refractivity contribution < 1.29 is 4.52 Å². The molecule has 0 aliphatic rings. The monoisotopic (exact) mass is 471 g/mol. The van der Waals surface area contributed by atoms with E-state index < -0.39 is 0 Å². The van der Waals surface area contributed by atoms with Gasteiger partial charge >= 0.3 is 0 Å². The van der Waals surface area contributed by atoms with E-state index in [1.165, 1.54) is 23.0 Å². The van der Waals surface area contributed by atoms with Crippen LogP contribution in [0.3, 0.4) is 0 Å². The first-order chi connectivity index (χ1) is 16.4. The molecule has 4 nitrogen and oxygen atoms in total. The van der Waals surface area contributed by atoms with E-state index in [4.69, 9.17) is 10.3 Å². The minimum absolute atomic E-state index is 0.636. The largest absolute Gasteiger partial charge is 0.390 e. The van der Waals surface area contributed by atoms with Gasteiger partial charge in [-0.05, 0) is 56.9 Å². The molecule has 1 aromatic carbocycles. The quantitative estimate of drug-likeness (QED) is 0.268. The molecule has 0 saturated heterocycles. The zero-order valence-corrected chi connectivity index (χ0v) is 24.4. The summed E-state index contributed by atoms with van der Waals surface area (Å²) in [6.07, 6.45) is 8.87. The number of hydrogen-bond donors (Lipinski definition) is 1. The third kappa shape index (κ3) is 16.7. The van der Waals surface area contributed by atoms with Crippen LogP contribution >= 0.6 is 0 Å². The summed E-state index contributed by atoms with van der Waals surface area (Å²) in [5, 5.41) is 3.97. The van der Waals surface area contributed by atoms with Crippen LogP contribution in [-0.2, 0) is 0 Å². The minimum Gasteiger partial charge on any atom is -0.390 e. The highest BCUT2D eigenvalue weighted by Gasteiger charge is 2.11. The molecule has 1 aromatic heterocycles. The van der Waals surface area contributed by atoms with Crippen molar-refractivity contribution in [3.63, 3.8) is 0 Å². The highest BCUT2D eigenvalue weighted by Crippen LogP contribution is 2.28. The van der Waals surface area contributed by atoms with Crippen molar-refractivity contribution in [3.05, 3.63) is 77.2 Å². The summed E-state index contributed by atoms with van der Waals surface area (Å²) in [5.74, 6) is 0.885. The van der Waals surface area contributed by atoms with Crippen LogP contribution in [0.25, 0.3) is 11.1 Å². The smallest absolute Gasteiger partial charge is 0.141 e. The van der Waals surface area contributed by atoms with E-state index in [2.05, 4.69) is 48.8 Å². The lowest BCUT2D eigenvalue weighted by Crippen LogP contribution is -1.92. The molecule has 34 heavy (non-hydrogen) atoms. The van der Waals surface area contributed by atoms with Gasteiger partial charge in [-0.25, -0.2) is 0 Å². The zero-order valence-electron chi connectivity index (χ0n) is 24.4. The Labute approximate surface area is 211 Å². The maximum absolute atomic E-state index is 5.17. The third-order valence-electron chi connectivity index (χ3n) is 4.03. The number of rotatable bonds is 5. The van der Waals surface area contributed by atoms with Crippen LogP contribution in [0.1, 0.15) is 84.9 Å². The molecule has 4 heteroatoms. The fourth-order valence-corrected chi connectivity index (χ4v) is 2.38. The van der Waals surface area contributed by atoms with Gasteiger partial charge in [-0.3, -0.25) is 4.99 Å². The van der Waals surface area contributed by atoms with Gasteiger partial charge in [0, 0.05) is 5.56 Å². The Morgan fingerprint density at radius 3 is 1.91 bits per heavy atom. The molecule has 0 aliphatic heterocycles. The first-order valence-electron chi connectivity index (χ1n) is 12.6. The summed E-state index contributed by atoms with van der Waals surface area (Å²) in [6.45, 7) is 30.3. The molecule has 0 radical (unpaired) electrons. The van der Waals surface area contributed by atoms with Gasteiger partial charge in [-0.2, -0.15) is 0 Å². The van der Waals surface area contributed by atoms with Crippen molar-refractivity contribution in [2.75, 3.05) is 6.54 Å². The highest BCUT2D eigenvalue weighted by atomic mass is 16.5. The number of aromatic nitrogens is 1. The first kappa shape index (κ1) is 38.4. The van der Waals surface area contributed by atoms with Gasteiger partial charge in [0.05, 0.1) is 18.6 Å². The van der Waals surface area contributed by atoms with Crippen LogP contribution in [-0.4, -0.2) is 18.0 Å². The number of benzene rings is 1. The lowest BCUT2D eigenvalue weighted by molar-refractivity contribution is 0.393. The van der Waals surface area contributed by atoms with Crippen LogP contribution < -0.4 is 5.73 Å². The lowest BCUT2D eigenvalue weighted by atomic mass is 9.99. The maximum atomic E-state index is 5.17. The van der Waals surface area contributed by atoms with E-state index in [9.17, 15) is 0 Å². The van der Waals surface area contributed by atoms with E-state index in [1.807, 2.05) is 94.4 Å². The zero-order chi connectivity index (χ0) is 27.5. The standard InChI is InChI=1S/C13H15NO.C9H14N2.4C2H6/c1-8-5-6-12(7-9(8)2)13-10(3)14-15-11(13)4;1-3-5-6-9(4-2)7-11-8-10;4*1-2/h5-7H,1-4H3;3-6,8H,1,7H2,2H3,(H2,10,11);4*1-2H3/b;6-5-,9-4+;;;;. The van der Waals surface area contributed by atoms with Crippen LogP contribution in [0.15, 0.2) is 64.2 Å². The second-order valence-corrected chi connectivity index (χ2v) is 5.95. The van der Waals surface area contributed by atoms with Gasteiger partial charge in [0.1, 0.15) is 5.76 Å². The van der Waals surface area contributed by atoms with E-state index in [0.29, 0.717) is 6.54 Å². The molecule has 2 aromatic rings. The molecule has 0 amide bonds. The molecule has 0 bridgehead atoms. The summed E-state index contributed by atoms with van der Waals surface area (Å²) in [6, 6.07) is 6.44. The van der Waals surface area contributed by atoms with Crippen molar-refractivity contribution >= 4 is 6.34 Å².